The molecule has 0 aromatic carbocycles. The predicted molar refractivity (Wildman–Crippen MR) is 61.0 cm³/mol. The van der Waals surface area contributed by atoms with Crippen LogP contribution in [0.4, 0.5) is 0 Å². The number of hydrogen-bond acceptors (Lipinski definition) is 1. The van der Waals surface area contributed by atoms with Crippen molar-refractivity contribution in [3.63, 3.8) is 0 Å². The first-order chi connectivity index (χ1) is 6.19. The maximum absolute atomic E-state index is 9.71. The van der Waals surface area contributed by atoms with Crippen molar-refractivity contribution in [3.05, 3.63) is 10.1 Å². The van der Waals surface area contributed by atoms with Crippen molar-refractivity contribution in [2.24, 2.45) is 0 Å². The van der Waals surface area contributed by atoms with E-state index in [4.69, 9.17) is 69.6 Å². The van der Waals surface area contributed by atoms with Crippen molar-refractivity contribution < 1.29 is 5.11 Å². The zero-order valence-electron chi connectivity index (χ0n) is 6.50. The van der Waals surface area contributed by atoms with E-state index >= 15 is 0 Å². The lowest BCUT2D eigenvalue weighted by atomic mass is 10.0. The molecule has 0 amide bonds. The second-order valence-electron chi connectivity index (χ2n) is 3.44. The maximum atomic E-state index is 9.71. The van der Waals surface area contributed by atoms with Crippen LogP contribution < -0.4 is 0 Å². The summed E-state index contributed by atoms with van der Waals surface area (Å²) >= 11 is 36.1. The van der Waals surface area contributed by atoms with Gasteiger partial charge in [0.15, 0.2) is 4.33 Å². The smallest absolute Gasteiger partial charge is 0.168 e. The van der Waals surface area contributed by atoms with Gasteiger partial charge in [-0.25, -0.2) is 0 Å². The molecular formula is C7H4Cl6O. The number of allylic oxidation sites excluding steroid dienone is 1. The number of aliphatic hydroxyl groups is 1. The first-order valence-corrected chi connectivity index (χ1v) is 5.96. The first kappa shape index (κ1) is 11.9. The van der Waals surface area contributed by atoms with Crippen LogP contribution in [0.25, 0.3) is 0 Å². The van der Waals surface area contributed by atoms with Crippen molar-refractivity contribution in [1.29, 1.82) is 0 Å². The van der Waals surface area contributed by atoms with E-state index in [9.17, 15) is 5.11 Å². The molecule has 0 unspecified atom stereocenters. The van der Waals surface area contributed by atoms with E-state index in [-0.39, 0.29) is 16.5 Å². The third kappa shape index (κ3) is 0.964. The summed E-state index contributed by atoms with van der Waals surface area (Å²) in [4.78, 5) is -2.80. The minimum absolute atomic E-state index is 0.0274. The van der Waals surface area contributed by atoms with Gasteiger partial charge in [0, 0.05) is 6.42 Å². The summed E-state index contributed by atoms with van der Waals surface area (Å²) in [6.45, 7) is 0. The second-order valence-corrected chi connectivity index (χ2v) is 6.76. The lowest BCUT2D eigenvalue weighted by Crippen LogP contribution is -2.45. The Kier molecular flexibility index (Phi) is 2.56. The van der Waals surface area contributed by atoms with Gasteiger partial charge < -0.3 is 5.11 Å². The summed E-state index contributed by atoms with van der Waals surface area (Å²) in [6, 6.07) is 0. The van der Waals surface area contributed by atoms with Crippen molar-refractivity contribution in [1.82, 2.24) is 0 Å². The van der Waals surface area contributed by atoms with Crippen molar-refractivity contribution in [3.8, 4) is 0 Å². The van der Waals surface area contributed by atoms with Gasteiger partial charge in [0.05, 0.1) is 16.2 Å². The topological polar surface area (TPSA) is 20.2 Å². The van der Waals surface area contributed by atoms with Crippen LogP contribution in [0, 0.1) is 0 Å². The molecule has 7 heteroatoms. The van der Waals surface area contributed by atoms with Gasteiger partial charge in [-0.3, -0.25) is 0 Å². The van der Waals surface area contributed by atoms with Gasteiger partial charge in [-0.15, -0.1) is 23.2 Å². The van der Waals surface area contributed by atoms with Crippen LogP contribution in [0.3, 0.4) is 0 Å². The molecule has 2 aliphatic rings. The Morgan fingerprint density at radius 3 is 1.86 bits per heavy atom. The quantitative estimate of drug-likeness (QED) is 0.677. The van der Waals surface area contributed by atoms with Gasteiger partial charge in [-0.05, 0) is 0 Å². The van der Waals surface area contributed by atoms with Crippen LogP contribution in [-0.2, 0) is 0 Å². The van der Waals surface area contributed by atoms with Crippen LogP contribution in [0.2, 0.25) is 0 Å². The molecule has 0 heterocycles. The minimum Gasteiger partial charge on any atom is -0.391 e. The van der Waals surface area contributed by atoms with Crippen molar-refractivity contribution in [2.75, 3.05) is 0 Å². The van der Waals surface area contributed by atoms with E-state index in [1.807, 2.05) is 0 Å². The Labute approximate surface area is 111 Å². The summed E-state index contributed by atoms with van der Waals surface area (Å²) in [5.41, 5.74) is 0. The third-order valence-corrected chi connectivity index (χ3v) is 7.02. The van der Waals surface area contributed by atoms with E-state index in [1.54, 1.807) is 0 Å². The molecule has 0 saturated heterocycles. The van der Waals surface area contributed by atoms with E-state index < -0.39 is 20.2 Å². The molecule has 0 radical (unpaired) electrons. The Bertz CT molecular complexity index is 339. The van der Waals surface area contributed by atoms with Gasteiger partial charge in [-0.1, -0.05) is 46.4 Å². The highest BCUT2D eigenvalue weighted by atomic mass is 35.5. The van der Waals surface area contributed by atoms with Gasteiger partial charge >= 0.3 is 0 Å². The fourth-order valence-corrected chi connectivity index (χ4v) is 4.52. The molecule has 3 atom stereocenters. The number of hydrogen-bond donors (Lipinski definition) is 1. The second kappa shape index (κ2) is 3.01. The monoisotopic (exact) mass is 314 g/mol. The molecule has 0 aromatic heterocycles. The molecule has 0 aromatic rings. The van der Waals surface area contributed by atoms with Gasteiger partial charge in [-0.2, -0.15) is 0 Å². The molecule has 2 aliphatic carbocycles. The maximum Gasteiger partial charge on any atom is 0.168 e. The molecule has 0 spiro atoms. The molecule has 1 N–H and O–H groups in total. The van der Waals surface area contributed by atoms with E-state index in [1.165, 1.54) is 0 Å². The fourth-order valence-electron chi connectivity index (χ4n) is 1.88. The highest BCUT2D eigenvalue weighted by Crippen LogP contribution is 2.72. The molecule has 14 heavy (non-hydrogen) atoms. The Balaban J connectivity index is 2.70. The molecule has 1 nitrogen and oxygen atoms in total. The Hall–Kier alpha value is 1.44. The molecule has 1 fully saturated rings. The minimum atomic E-state index is -1.60. The van der Waals surface area contributed by atoms with Crippen LogP contribution >= 0.6 is 69.6 Å². The highest BCUT2D eigenvalue weighted by Gasteiger charge is 2.78. The average Bonchev–Trinajstić information content (AvgIpc) is 2.27. The normalized spacial score (nSPS) is 50.4. The lowest BCUT2D eigenvalue weighted by Gasteiger charge is -2.31. The van der Waals surface area contributed by atoms with E-state index in [0.29, 0.717) is 0 Å². The van der Waals surface area contributed by atoms with Crippen molar-refractivity contribution in [2.45, 2.75) is 26.6 Å². The third-order valence-electron chi connectivity index (χ3n) is 2.75. The largest absolute Gasteiger partial charge is 0.391 e. The summed E-state index contributed by atoms with van der Waals surface area (Å²) in [5, 5.41) is 9.85. The Morgan fingerprint density at radius 1 is 1.07 bits per heavy atom. The highest BCUT2D eigenvalue weighted by molar-refractivity contribution is 6.65. The Morgan fingerprint density at radius 2 is 1.57 bits per heavy atom. The van der Waals surface area contributed by atoms with Crippen LogP contribution in [-0.4, -0.2) is 25.3 Å². The standard InChI is InChI=1S/C7H4Cl6O/c8-3-4(9)6(11)2(14)1-5(3,10)7(6,12)13/h2,14H,1H2/t2-,5+,6-/m1/s1. The summed E-state index contributed by atoms with van der Waals surface area (Å²) < 4.78 is -1.60. The number of aliphatic hydroxyl groups excluding tert-OH is 1. The molecule has 2 bridgehead atoms. The molecular weight excluding hydrogens is 313 g/mol. The van der Waals surface area contributed by atoms with Crippen LogP contribution in [0.15, 0.2) is 10.1 Å². The van der Waals surface area contributed by atoms with Crippen LogP contribution in [0.1, 0.15) is 6.42 Å². The summed E-state index contributed by atoms with van der Waals surface area (Å²) in [6.07, 6.45) is -0.924. The number of fused-ring (bicyclic) bond motifs is 2. The fraction of sp³-hybridized carbons (Fsp3) is 0.714. The predicted octanol–water partition coefficient (Wildman–Crippen LogP) is 3.58. The van der Waals surface area contributed by atoms with Gasteiger partial charge in [0.1, 0.15) is 9.75 Å². The molecule has 80 valence electrons. The summed E-state index contributed by atoms with van der Waals surface area (Å²) in [5.74, 6) is 0. The number of alkyl halides is 4. The molecule has 2 rings (SSSR count). The molecule has 0 aliphatic heterocycles. The zero-order valence-corrected chi connectivity index (χ0v) is 11.0. The van der Waals surface area contributed by atoms with Crippen LogP contribution in [0.5, 0.6) is 0 Å². The van der Waals surface area contributed by atoms with Gasteiger partial charge in [0.2, 0.25) is 0 Å². The van der Waals surface area contributed by atoms with E-state index in [0.717, 1.165) is 0 Å². The number of halogens is 6. The molecule has 1 saturated carbocycles. The van der Waals surface area contributed by atoms with Gasteiger partial charge in [0.25, 0.3) is 0 Å². The van der Waals surface area contributed by atoms with E-state index in [2.05, 4.69) is 0 Å². The zero-order chi connectivity index (χ0) is 10.9. The number of rotatable bonds is 0. The summed E-state index contributed by atoms with van der Waals surface area (Å²) in [7, 11) is 0. The SMILES string of the molecule is O[C@@H]1C[C@]2(Cl)C(Cl)=C(Cl)[C@@]1(Cl)C2(Cl)Cl. The van der Waals surface area contributed by atoms with Crippen molar-refractivity contribution >= 4 is 69.6 Å². The average molecular weight is 317 g/mol. The lowest BCUT2D eigenvalue weighted by molar-refractivity contribution is 0.157. The first-order valence-electron chi connectivity index (χ1n) is 3.69.